The molecule has 1 atom stereocenters. The molecule has 1 fully saturated rings. The first kappa shape index (κ1) is 13.5. The molecule has 0 aromatic heterocycles. The van der Waals surface area contributed by atoms with E-state index in [0.29, 0.717) is 11.1 Å². The van der Waals surface area contributed by atoms with Crippen LogP contribution in [0.25, 0.3) is 0 Å². The number of nitrogens with one attached hydrogen (secondary N) is 1. The van der Waals surface area contributed by atoms with Gasteiger partial charge in [-0.25, -0.2) is 14.7 Å². The predicted molar refractivity (Wildman–Crippen MR) is 66.2 cm³/mol. The Morgan fingerprint density at radius 3 is 3.06 bits per heavy atom. The molecule has 0 spiro atoms. The fourth-order valence-corrected chi connectivity index (χ4v) is 2.08. The number of ether oxygens (including phenoxy) is 1. The molecule has 1 heterocycles. The van der Waals surface area contributed by atoms with Gasteiger partial charge in [-0.3, -0.25) is 4.79 Å². The number of amides is 1. The molecule has 4 nitrogen and oxygen atoms in total. The zero-order chi connectivity index (χ0) is 13.0. The van der Waals surface area contributed by atoms with Crippen molar-refractivity contribution >= 4 is 21.8 Å². The van der Waals surface area contributed by atoms with Crippen LogP contribution in [0, 0.1) is 5.82 Å². The minimum atomic E-state index is -0.504. The normalized spacial score (nSPS) is 19.6. The van der Waals surface area contributed by atoms with E-state index in [0.717, 1.165) is 25.3 Å². The van der Waals surface area contributed by atoms with Crippen LogP contribution in [-0.2, 0) is 9.57 Å². The third-order valence-corrected chi connectivity index (χ3v) is 3.29. The SMILES string of the molecule is O=C(NOC1CCCCO1)c1cc(F)ccc1Br. The zero-order valence-electron chi connectivity index (χ0n) is 9.62. The van der Waals surface area contributed by atoms with Gasteiger partial charge in [0.05, 0.1) is 5.56 Å². The molecule has 18 heavy (non-hydrogen) atoms. The molecule has 1 aliphatic heterocycles. The van der Waals surface area contributed by atoms with Crippen molar-refractivity contribution in [2.45, 2.75) is 25.6 Å². The number of hydroxylamine groups is 1. The summed E-state index contributed by atoms with van der Waals surface area (Å²) in [5.41, 5.74) is 2.46. The molecule has 1 aromatic carbocycles. The van der Waals surface area contributed by atoms with Crippen LogP contribution in [0.4, 0.5) is 4.39 Å². The lowest BCUT2D eigenvalue weighted by Gasteiger charge is -2.22. The average molecular weight is 318 g/mol. The van der Waals surface area contributed by atoms with Crippen LogP contribution >= 0.6 is 15.9 Å². The lowest BCUT2D eigenvalue weighted by Crippen LogP contribution is -2.33. The molecule has 1 saturated heterocycles. The van der Waals surface area contributed by atoms with Crippen LogP contribution < -0.4 is 5.48 Å². The van der Waals surface area contributed by atoms with Crippen LogP contribution in [0.2, 0.25) is 0 Å². The van der Waals surface area contributed by atoms with Gasteiger partial charge in [0.15, 0.2) is 6.29 Å². The molecule has 2 rings (SSSR count). The largest absolute Gasteiger partial charge is 0.350 e. The maximum Gasteiger partial charge on any atom is 0.276 e. The van der Waals surface area contributed by atoms with E-state index in [1.807, 2.05) is 0 Å². The van der Waals surface area contributed by atoms with E-state index in [1.165, 1.54) is 12.1 Å². The monoisotopic (exact) mass is 317 g/mol. The highest BCUT2D eigenvalue weighted by Crippen LogP contribution is 2.18. The highest BCUT2D eigenvalue weighted by atomic mass is 79.9. The van der Waals surface area contributed by atoms with Gasteiger partial charge >= 0.3 is 0 Å². The van der Waals surface area contributed by atoms with Crippen molar-refractivity contribution in [3.05, 3.63) is 34.1 Å². The second-order valence-electron chi connectivity index (χ2n) is 3.97. The maximum absolute atomic E-state index is 13.0. The Bertz CT molecular complexity index is 435. The van der Waals surface area contributed by atoms with Crippen molar-refractivity contribution in [2.75, 3.05) is 6.61 Å². The Morgan fingerprint density at radius 2 is 2.33 bits per heavy atom. The van der Waals surface area contributed by atoms with Gasteiger partial charge in [0.2, 0.25) is 0 Å². The summed E-state index contributed by atoms with van der Waals surface area (Å²) in [7, 11) is 0. The number of benzene rings is 1. The van der Waals surface area contributed by atoms with E-state index in [1.54, 1.807) is 0 Å². The summed E-state index contributed by atoms with van der Waals surface area (Å²) in [6, 6.07) is 3.89. The summed E-state index contributed by atoms with van der Waals surface area (Å²) in [6.07, 6.45) is 2.33. The van der Waals surface area contributed by atoms with E-state index >= 15 is 0 Å². The molecule has 98 valence electrons. The quantitative estimate of drug-likeness (QED) is 0.872. The predicted octanol–water partition coefficient (Wildman–Crippen LogP) is 2.78. The van der Waals surface area contributed by atoms with Crippen LogP contribution in [0.15, 0.2) is 22.7 Å². The minimum Gasteiger partial charge on any atom is -0.350 e. The highest BCUT2D eigenvalue weighted by molar-refractivity contribution is 9.10. The van der Waals surface area contributed by atoms with Crippen molar-refractivity contribution in [1.29, 1.82) is 0 Å². The molecule has 0 aliphatic carbocycles. The second-order valence-corrected chi connectivity index (χ2v) is 4.82. The molecule has 1 amide bonds. The molecule has 0 saturated carbocycles. The summed E-state index contributed by atoms with van der Waals surface area (Å²) >= 11 is 3.18. The molecule has 1 aliphatic rings. The summed E-state index contributed by atoms with van der Waals surface area (Å²) in [5.74, 6) is -0.979. The number of hydrogen-bond donors (Lipinski definition) is 1. The zero-order valence-corrected chi connectivity index (χ0v) is 11.2. The van der Waals surface area contributed by atoms with Gasteiger partial charge in [-0.1, -0.05) is 0 Å². The number of carbonyl (C=O) groups excluding carboxylic acids is 1. The summed E-state index contributed by atoms with van der Waals surface area (Å²) in [5, 5.41) is 0. The molecular formula is C12H13BrFNO3. The Kier molecular flexibility index (Phi) is 4.68. The number of halogens is 2. The first-order valence-electron chi connectivity index (χ1n) is 5.69. The lowest BCUT2D eigenvalue weighted by atomic mass is 10.2. The summed E-state index contributed by atoms with van der Waals surface area (Å²) in [4.78, 5) is 16.9. The number of carbonyl (C=O) groups is 1. The van der Waals surface area contributed by atoms with E-state index in [-0.39, 0.29) is 5.56 Å². The summed E-state index contributed by atoms with van der Waals surface area (Å²) < 4.78 is 18.8. The summed E-state index contributed by atoms with van der Waals surface area (Å²) in [6.45, 7) is 0.629. The third kappa shape index (κ3) is 3.51. The molecule has 1 N–H and O–H groups in total. The van der Waals surface area contributed by atoms with E-state index in [9.17, 15) is 9.18 Å². The fraction of sp³-hybridized carbons (Fsp3) is 0.417. The Morgan fingerprint density at radius 1 is 1.50 bits per heavy atom. The smallest absolute Gasteiger partial charge is 0.276 e. The van der Waals surface area contributed by atoms with Gasteiger partial charge in [-0.15, -0.1) is 0 Å². The van der Waals surface area contributed by atoms with Crippen molar-refractivity contribution in [3.63, 3.8) is 0 Å². The van der Waals surface area contributed by atoms with Crippen molar-refractivity contribution in [1.82, 2.24) is 5.48 Å². The Hall–Kier alpha value is -0.980. The molecule has 0 bridgehead atoms. The standard InChI is InChI=1S/C12H13BrFNO3/c13-10-5-4-8(14)7-9(10)12(16)15-18-11-3-1-2-6-17-11/h4-5,7,11H,1-3,6H2,(H,15,16). The third-order valence-electron chi connectivity index (χ3n) is 2.59. The second kappa shape index (κ2) is 6.26. The van der Waals surface area contributed by atoms with Gasteiger partial charge in [-0.05, 0) is 47.0 Å². The average Bonchev–Trinajstić information content (AvgIpc) is 2.40. The van der Waals surface area contributed by atoms with Gasteiger partial charge in [0.25, 0.3) is 5.91 Å². The van der Waals surface area contributed by atoms with Crippen LogP contribution in [0.3, 0.4) is 0 Å². The first-order valence-corrected chi connectivity index (χ1v) is 6.49. The maximum atomic E-state index is 13.0. The van der Waals surface area contributed by atoms with Crippen LogP contribution in [0.5, 0.6) is 0 Å². The van der Waals surface area contributed by atoms with Crippen LogP contribution in [-0.4, -0.2) is 18.8 Å². The van der Waals surface area contributed by atoms with Crippen LogP contribution in [0.1, 0.15) is 29.6 Å². The molecule has 6 heteroatoms. The van der Waals surface area contributed by atoms with Gasteiger partial charge < -0.3 is 4.74 Å². The van der Waals surface area contributed by atoms with E-state index in [2.05, 4.69) is 21.4 Å². The van der Waals surface area contributed by atoms with E-state index in [4.69, 9.17) is 9.57 Å². The topological polar surface area (TPSA) is 47.6 Å². The first-order chi connectivity index (χ1) is 8.66. The lowest BCUT2D eigenvalue weighted by molar-refractivity contribution is -0.186. The van der Waals surface area contributed by atoms with Crippen molar-refractivity contribution in [2.24, 2.45) is 0 Å². The molecule has 1 unspecified atom stereocenters. The van der Waals surface area contributed by atoms with Gasteiger partial charge in [0.1, 0.15) is 5.82 Å². The Balaban J connectivity index is 1.92. The minimum absolute atomic E-state index is 0.186. The fourth-order valence-electron chi connectivity index (χ4n) is 1.65. The molecule has 0 radical (unpaired) electrons. The van der Waals surface area contributed by atoms with Gasteiger partial charge in [0, 0.05) is 17.5 Å². The number of hydrogen-bond acceptors (Lipinski definition) is 3. The Labute approximate surface area is 113 Å². The van der Waals surface area contributed by atoms with Gasteiger partial charge in [-0.2, -0.15) is 0 Å². The molecule has 1 aromatic rings. The number of rotatable bonds is 3. The van der Waals surface area contributed by atoms with E-state index < -0.39 is 18.0 Å². The molecular weight excluding hydrogens is 305 g/mol. The van der Waals surface area contributed by atoms with Crippen molar-refractivity contribution in [3.8, 4) is 0 Å². The van der Waals surface area contributed by atoms with Crippen molar-refractivity contribution < 1.29 is 18.8 Å². The highest BCUT2D eigenvalue weighted by Gasteiger charge is 2.17.